The number of rotatable bonds is 3. The molecule has 1 atom stereocenters. The second-order valence-electron chi connectivity index (χ2n) is 6.45. The zero-order valence-electron chi connectivity index (χ0n) is 14.2. The number of benzene rings is 1. The van der Waals surface area contributed by atoms with Crippen LogP contribution >= 0.6 is 0 Å². The number of nitrogens with one attached hydrogen (secondary N) is 1. The number of hydrogen-bond acceptors (Lipinski definition) is 3. The first-order chi connectivity index (χ1) is 12.2. The van der Waals surface area contributed by atoms with Gasteiger partial charge >= 0.3 is 6.03 Å². The predicted octanol–water partition coefficient (Wildman–Crippen LogP) is 2.67. The molecule has 0 radical (unpaired) electrons. The van der Waals surface area contributed by atoms with Crippen LogP contribution in [0.1, 0.15) is 23.7 Å². The molecule has 3 heterocycles. The molecule has 1 fully saturated rings. The van der Waals surface area contributed by atoms with Crippen molar-refractivity contribution in [1.82, 2.24) is 24.8 Å². The van der Waals surface area contributed by atoms with E-state index in [4.69, 9.17) is 4.98 Å². The Hall–Kier alpha value is -2.89. The Bertz CT molecular complexity index is 889. The summed E-state index contributed by atoms with van der Waals surface area (Å²) in [5.74, 6) is 1.26. The number of fused-ring (bicyclic) bond motifs is 1. The van der Waals surface area contributed by atoms with E-state index in [1.807, 2.05) is 59.0 Å². The molecule has 1 saturated heterocycles. The van der Waals surface area contributed by atoms with Gasteiger partial charge in [-0.15, -0.1) is 0 Å². The van der Waals surface area contributed by atoms with Gasteiger partial charge in [0.15, 0.2) is 5.65 Å². The van der Waals surface area contributed by atoms with E-state index in [0.717, 1.165) is 35.5 Å². The van der Waals surface area contributed by atoms with Gasteiger partial charge in [-0.05, 0) is 24.1 Å². The number of urea groups is 1. The molecule has 0 aliphatic carbocycles. The number of carbonyl (C=O) groups is 1. The van der Waals surface area contributed by atoms with Gasteiger partial charge in [-0.25, -0.2) is 14.8 Å². The molecule has 0 saturated carbocycles. The zero-order chi connectivity index (χ0) is 17.2. The summed E-state index contributed by atoms with van der Waals surface area (Å²) in [4.78, 5) is 23.4. The molecular weight excluding hydrogens is 314 g/mol. The van der Waals surface area contributed by atoms with Crippen LogP contribution in [0.2, 0.25) is 0 Å². The maximum atomic E-state index is 12.4. The maximum absolute atomic E-state index is 12.4. The van der Waals surface area contributed by atoms with Gasteiger partial charge in [0.1, 0.15) is 11.3 Å². The van der Waals surface area contributed by atoms with Gasteiger partial charge in [0.05, 0.1) is 0 Å². The highest BCUT2D eigenvalue weighted by Crippen LogP contribution is 2.28. The van der Waals surface area contributed by atoms with Crippen LogP contribution in [0.3, 0.4) is 0 Å². The number of pyridine rings is 1. The van der Waals surface area contributed by atoms with E-state index in [1.165, 1.54) is 0 Å². The van der Waals surface area contributed by atoms with Crippen LogP contribution in [-0.2, 0) is 13.6 Å². The summed E-state index contributed by atoms with van der Waals surface area (Å²) in [5, 5.41) is 3.00. The number of carbonyl (C=O) groups excluding carboxylic acids is 1. The van der Waals surface area contributed by atoms with Crippen molar-refractivity contribution in [3.63, 3.8) is 0 Å². The third-order valence-corrected chi connectivity index (χ3v) is 4.79. The fraction of sp³-hybridized carbons (Fsp3) is 0.316. The number of aromatic nitrogens is 3. The first kappa shape index (κ1) is 15.6. The second kappa shape index (κ2) is 6.55. The average molecular weight is 335 g/mol. The van der Waals surface area contributed by atoms with Gasteiger partial charge in [-0.3, -0.25) is 0 Å². The van der Waals surface area contributed by atoms with Gasteiger partial charge in [-0.2, -0.15) is 0 Å². The number of imidazole rings is 1. The Morgan fingerprint density at radius 3 is 2.88 bits per heavy atom. The van der Waals surface area contributed by atoms with Crippen molar-refractivity contribution in [2.45, 2.75) is 18.9 Å². The van der Waals surface area contributed by atoms with E-state index in [2.05, 4.69) is 10.3 Å². The molecular formula is C19H21N5O. The van der Waals surface area contributed by atoms with Crippen LogP contribution in [0.15, 0.2) is 48.7 Å². The van der Waals surface area contributed by atoms with Crippen molar-refractivity contribution in [2.75, 3.05) is 13.1 Å². The fourth-order valence-corrected chi connectivity index (χ4v) is 3.45. The number of amides is 2. The molecule has 25 heavy (non-hydrogen) atoms. The minimum Gasteiger partial charge on any atom is -0.334 e. The monoisotopic (exact) mass is 335 g/mol. The lowest BCUT2D eigenvalue weighted by Crippen LogP contribution is -2.38. The highest BCUT2D eigenvalue weighted by atomic mass is 16.2. The Kier molecular flexibility index (Phi) is 4.09. The predicted molar refractivity (Wildman–Crippen MR) is 96.1 cm³/mol. The molecule has 2 amide bonds. The number of likely N-dealkylation sites (tertiary alicyclic amines) is 1. The van der Waals surface area contributed by atoms with Gasteiger partial charge in [-0.1, -0.05) is 30.3 Å². The van der Waals surface area contributed by atoms with Gasteiger partial charge in [0.2, 0.25) is 0 Å². The standard InChI is InChI=1S/C19H21N5O/c1-23-17(22-16-8-5-10-20-18(16)23)15-9-11-24(13-15)19(25)21-12-14-6-3-2-4-7-14/h2-8,10,15H,9,11-13H2,1H3,(H,21,25)/t15-/m1/s1. The van der Waals surface area contributed by atoms with Crippen molar-refractivity contribution >= 4 is 17.2 Å². The summed E-state index contributed by atoms with van der Waals surface area (Å²) >= 11 is 0. The highest BCUT2D eigenvalue weighted by molar-refractivity contribution is 5.75. The lowest BCUT2D eigenvalue weighted by atomic mass is 10.1. The van der Waals surface area contributed by atoms with E-state index < -0.39 is 0 Å². The Balaban J connectivity index is 1.42. The summed E-state index contributed by atoms with van der Waals surface area (Å²) in [5.41, 5.74) is 2.91. The number of hydrogen-bond donors (Lipinski definition) is 1. The Morgan fingerprint density at radius 2 is 2.08 bits per heavy atom. The largest absolute Gasteiger partial charge is 0.334 e. The van der Waals surface area contributed by atoms with Crippen LogP contribution in [0.25, 0.3) is 11.2 Å². The summed E-state index contributed by atoms with van der Waals surface area (Å²) in [6, 6.07) is 13.8. The van der Waals surface area contributed by atoms with Crippen LogP contribution in [0.4, 0.5) is 4.79 Å². The molecule has 3 aromatic rings. The van der Waals surface area contributed by atoms with E-state index in [9.17, 15) is 4.79 Å². The normalized spacial score (nSPS) is 17.2. The van der Waals surface area contributed by atoms with Crippen molar-refractivity contribution in [1.29, 1.82) is 0 Å². The van der Waals surface area contributed by atoms with Crippen LogP contribution < -0.4 is 5.32 Å². The first-order valence-electron chi connectivity index (χ1n) is 8.56. The number of nitrogens with zero attached hydrogens (tertiary/aromatic N) is 4. The third-order valence-electron chi connectivity index (χ3n) is 4.79. The first-order valence-corrected chi connectivity index (χ1v) is 8.56. The molecule has 0 unspecified atom stereocenters. The maximum Gasteiger partial charge on any atom is 0.317 e. The minimum absolute atomic E-state index is 0.0109. The summed E-state index contributed by atoms with van der Waals surface area (Å²) in [6.45, 7) is 2.00. The van der Waals surface area contributed by atoms with Gasteiger partial charge < -0.3 is 14.8 Å². The van der Waals surface area contributed by atoms with E-state index in [1.54, 1.807) is 6.20 Å². The van der Waals surface area contributed by atoms with Crippen molar-refractivity contribution in [2.24, 2.45) is 7.05 Å². The molecule has 1 aromatic carbocycles. The zero-order valence-corrected chi connectivity index (χ0v) is 14.2. The molecule has 6 nitrogen and oxygen atoms in total. The van der Waals surface area contributed by atoms with Crippen molar-refractivity contribution in [3.05, 3.63) is 60.0 Å². The lowest BCUT2D eigenvalue weighted by Gasteiger charge is -2.17. The van der Waals surface area contributed by atoms with Crippen molar-refractivity contribution < 1.29 is 4.79 Å². The Labute approximate surface area is 146 Å². The number of aryl methyl sites for hydroxylation is 1. The molecule has 6 heteroatoms. The smallest absolute Gasteiger partial charge is 0.317 e. The molecule has 0 bridgehead atoms. The second-order valence-corrected chi connectivity index (χ2v) is 6.45. The summed E-state index contributed by atoms with van der Waals surface area (Å²) < 4.78 is 2.05. The third kappa shape index (κ3) is 3.07. The van der Waals surface area contributed by atoms with Gasteiger partial charge in [0.25, 0.3) is 0 Å². The molecule has 1 aliphatic heterocycles. The Morgan fingerprint density at radius 1 is 1.24 bits per heavy atom. The molecule has 1 aliphatic rings. The quantitative estimate of drug-likeness (QED) is 0.800. The molecule has 4 rings (SSSR count). The summed E-state index contributed by atoms with van der Waals surface area (Å²) in [6.07, 6.45) is 2.71. The van der Waals surface area contributed by atoms with E-state index in [-0.39, 0.29) is 11.9 Å². The molecule has 128 valence electrons. The van der Waals surface area contributed by atoms with Crippen LogP contribution in [0, 0.1) is 0 Å². The molecule has 0 spiro atoms. The van der Waals surface area contributed by atoms with Crippen molar-refractivity contribution in [3.8, 4) is 0 Å². The van der Waals surface area contributed by atoms with Crippen LogP contribution in [-0.4, -0.2) is 38.6 Å². The molecule has 2 aromatic heterocycles. The summed E-state index contributed by atoms with van der Waals surface area (Å²) in [7, 11) is 2.00. The van der Waals surface area contributed by atoms with Gasteiger partial charge in [0, 0.05) is 38.8 Å². The van der Waals surface area contributed by atoms with E-state index in [0.29, 0.717) is 13.1 Å². The fourth-order valence-electron chi connectivity index (χ4n) is 3.45. The highest BCUT2D eigenvalue weighted by Gasteiger charge is 2.30. The average Bonchev–Trinajstić information content (AvgIpc) is 3.26. The molecule has 1 N–H and O–H groups in total. The topological polar surface area (TPSA) is 63.1 Å². The van der Waals surface area contributed by atoms with E-state index >= 15 is 0 Å². The SMILES string of the molecule is Cn1c([C@@H]2CCN(C(=O)NCc3ccccc3)C2)nc2cccnc21. The van der Waals surface area contributed by atoms with Crippen LogP contribution in [0.5, 0.6) is 0 Å². The lowest BCUT2D eigenvalue weighted by molar-refractivity contribution is 0.207. The minimum atomic E-state index is -0.0109.